The van der Waals surface area contributed by atoms with Crippen LogP contribution in [0.1, 0.15) is 30.9 Å². The molecule has 1 aliphatic carbocycles. The number of rotatable bonds is 3. The van der Waals surface area contributed by atoms with E-state index in [0.717, 1.165) is 30.2 Å². The van der Waals surface area contributed by atoms with Crippen LogP contribution >= 0.6 is 11.6 Å². The van der Waals surface area contributed by atoms with Gasteiger partial charge in [-0.2, -0.15) is 0 Å². The molecule has 0 aromatic heterocycles. The molecule has 0 spiro atoms. The van der Waals surface area contributed by atoms with E-state index in [-0.39, 0.29) is 11.9 Å². The smallest absolute Gasteiger partial charge is 0.223 e. The predicted molar refractivity (Wildman–Crippen MR) is 76.1 cm³/mol. The van der Waals surface area contributed by atoms with Crippen LogP contribution in [-0.2, 0) is 4.79 Å². The summed E-state index contributed by atoms with van der Waals surface area (Å²) in [7, 11) is 0. The van der Waals surface area contributed by atoms with Crippen molar-refractivity contribution in [3.63, 3.8) is 0 Å². The second-order valence-electron chi connectivity index (χ2n) is 5.48. The molecule has 1 N–H and O–H groups in total. The van der Waals surface area contributed by atoms with Crippen molar-refractivity contribution in [2.24, 2.45) is 5.92 Å². The van der Waals surface area contributed by atoms with E-state index in [0.29, 0.717) is 12.3 Å². The Balaban J connectivity index is 1.80. The maximum atomic E-state index is 12.4. The Morgan fingerprint density at radius 1 is 1.37 bits per heavy atom. The van der Waals surface area contributed by atoms with Gasteiger partial charge in [-0.25, -0.2) is 0 Å². The fourth-order valence-electron chi connectivity index (χ4n) is 2.71. The van der Waals surface area contributed by atoms with Crippen molar-refractivity contribution in [1.29, 1.82) is 0 Å². The summed E-state index contributed by atoms with van der Waals surface area (Å²) in [6.07, 6.45) is 3.14. The van der Waals surface area contributed by atoms with E-state index in [2.05, 4.69) is 5.32 Å². The van der Waals surface area contributed by atoms with Crippen LogP contribution in [0.15, 0.2) is 24.3 Å². The first-order valence-electron chi connectivity index (χ1n) is 7.00. The lowest BCUT2D eigenvalue weighted by atomic mass is 10.0. The summed E-state index contributed by atoms with van der Waals surface area (Å²) in [5, 5.41) is 4.11. The molecule has 0 bridgehead atoms. The molecule has 1 saturated carbocycles. The van der Waals surface area contributed by atoms with Crippen molar-refractivity contribution in [1.82, 2.24) is 10.2 Å². The van der Waals surface area contributed by atoms with Crippen LogP contribution in [0.25, 0.3) is 0 Å². The molecule has 1 unspecified atom stereocenters. The molecule has 3 nitrogen and oxygen atoms in total. The molecule has 2 aliphatic rings. The van der Waals surface area contributed by atoms with Gasteiger partial charge in [0.2, 0.25) is 5.91 Å². The topological polar surface area (TPSA) is 32.3 Å². The maximum Gasteiger partial charge on any atom is 0.223 e. The molecule has 0 radical (unpaired) electrons. The van der Waals surface area contributed by atoms with Gasteiger partial charge in [0.05, 0.1) is 6.04 Å². The summed E-state index contributed by atoms with van der Waals surface area (Å²) in [6, 6.07) is 7.92. The molecule has 3 rings (SSSR count). The highest BCUT2D eigenvalue weighted by molar-refractivity contribution is 6.31. The number of carbonyl (C=O) groups excluding carboxylic acids is 1. The second kappa shape index (κ2) is 5.51. The molecule has 1 atom stereocenters. The Bertz CT molecular complexity index is 473. The van der Waals surface area contributed by atoms with E-state index in [4.69, 9.17) is 11.6 Å². The molecule has 1 saturated heterocycles. The van der Waals surface area contributed by atoms with Gasteiger partial charge in [-0.15, -0.1) is 0 Å². The van der Waals surface area contributed by atoms with Crippen molar-refractivity contribution >= 4 is 17.5 Å². The van der Waals surface area contributed by atoms with Gasteiger partial charge < -0.3 is 10.2 Å². The van der Waals surface area contributed by atoms with Crippen molar-refractivity contribution < 1.29 is 4.79 Å². The minimum absolute atomic E-state index is 0.0775. The Morgan fingerprint density at radius 3 is 2.89 bits per heavy atom. The van der Waals surface area contributed by atoms with Gasteiger partial charge in [0.25, 0.3) is 0 Å². The quantitative estimate of drug-likeness (QED) is 0.922. The number of nitrogens with zero attached hydrogens (tertiary/aromatic N) is 1. The van der Waals surface area contributed by atoms with Gasteiger partial charge in [0, 0.05) is 31.1 Å². The monoisotopic (exact) mass is 278 g/mol. The Labute approximate surface area is 118 Å². The summed E-state index contributed by atoms with van der Waals surface area (Å²) in [6.45, 7) is 2.44. The number of carbonyl (C=O) groups is 1. The number of benzene rings is 1. The lowest BCUT2D eigenvalue weighted by Crippen LogP contribution is -2.48. The Kier molecular flexibility index (Phi) is 3.76. The molecule has 4 heteroatoms. The number of hydrogen-bond acceptors (Lipinski definition) is 2. The number of amides is 1. The highest BCUT2D eigenvalue weighted by atomic mass is 35.5. The molecular formula is C15H19ClN2O. The second-order valence-corrected chi connectivity index (χ2v) is 5.88. The van der Waals surface area contributed by atoms with Crippen LogP contribution in [-0.4, -0.2) is 30.4 Å². The fourth-order valence-corrected chi connectivity index (χ4v) is 2.97. The zero-order valence-corrected chi connectivity index (χ0v) is 11.7. The Morgan fingerprint density at radius 2 is 2.16 bits per heavy atom. The number of piperazine rings is 1. The molecule has 19 heavy (non-hydrogen) atoms. The van der Waals surface area contributed by atoms with Gasteiger partial charge in [-0.3, -0.25) is 4.79 Å². The summed E-state index contributed by atoms with van der Waals surface area (Å²) in [4.78, 5) is 14.4. The number of nitrogens with one attached hydrogen (secondary N) is 1. The van der Waals surface area contributed by atoms with Crippen LogP contribution < -0.4 is 5.32 Å². The predicted octanol–water partition coefficient (Wildman–Crippen LogP) is 2.61. The molecule has 1 aromatic carbocycles. The third-order valence-electron chi connectivity index (χ3n) is 3.99. The zero-order valence-electron chi connectivity index (χ0n) is 10.9. The highest BCUT2D eigenvalue weighted by Crippen LogP contribution is 2.35. The van der Waals surface area contributed by atoms with Crippen LogP contribution in [0, 0.1) is 5.92 Å². The summed E-state index contributed by atoms with van der Waals surface area (Å²) in [5.41, 5.74) is 1.06. The number of hydrogen-bond donors (Lipinski definition) is 1. The first-order chi connectivity index (χ1) is 9.25. The van der Waals surface area contributed by atoms with Gasteiger partial charge in [-0.05, 0) is 30.4 Å². The van der Waals surface area contributed by atoms with E-state index < -0.39 is 0 Å². The minimum Gasteiger partial charge on any atom is -0.333 e. The lowest BCUT2D eigenvalue weighted by molar-refractivity contribution is -0.134. The largest absolute Gasteiger partial charge is 0.333 e. The van der Waals surface area contributed by atoms with E-state index in [1.165, 1.54) is 12.8 Å². The summed E-state index contributed by atoms with van der Waals surface area (Å²) in [5.74, 6) is 0.920. The first kappa shape index (κ1) is 12.9. The van der Waals surface area contributed by atoms with Crippen LogP contribution in [0.3, 0.4) is 0 Å². The highest BCUT2D eigenvalue weighted by Gasteiger charge is 2.32. The first-order valence-corrected chi connectivity index (χ1v) is 7.38. The van der Waals surface area contributed by atoms with E-state index in [1.54, 1.807) is 0 Å². The van der Waals surface area contributed by atoms with Crippen molar-refractivity contribution in [2.75, 3.05) is 19.6 Å². The molecule has 1 heterocycles. The lowest BCUT2D eigenvalue weighted by Gasteiger charge is -2.37. The zero-order chi connectivity index (χ0) is 13.2. The van der Waals surface area contributed by atoms with E-state index in [1.807, 2.05) is 29.2 Å². The molecule has 102 valence electrons. The molecule has 1 aliphatic heterocycles. The molecule has 1 aromatic rings. The Hall–Kier alpha value is -1.06. The fraction of sp³-hybridized carbons (Fsp3) is 0.533. The molecule has 2 fully saturated rings. The minimum atomic E-state index is 0.0775. The van der Waals surface area contributed by atoms with Gasteiger partial charge in [0.15, 0.2) is 0 Å². The summed E-state index contributed by atoms with van der Waals surface area (Å²) >= 11 is 6.28. The molecule has 1 amide bonds. The van der Waals surface area contributed by atoms with Crippen molar-refractivity contribution in [3.05, 3.63) is 34.9 Å². The third kappa shape index (κ3) is 2.93. The normalized spacial score (nSPS) is 23.4. The molecular weight excluding hydrogens is 260 g/mol. The van der Waals surface area contributed by atoms with Crippen LogP contribution in [0.5, 0.6) is 0 Å². The third-order valence-corrected chi connectivity index (χ3v) is 4.33. The average Bonchev–Trinajstić information content (AvgIpc) is 3.23. The van der Waals surface area contributed by atoms with Crippen LogP contribution in [0.2, 0.25) is 5.02 Å². The van der Waals surface area contributed by atoms with Crippen molar-refractivity contribution in [3.8, 4) is 0 Å². The van der Waals surface area contributed by atoms with Gasteiger partial charge >= 0.3 is 0 Å². The maximum absolute atomic E-state index is 12.4. The van der Waals surface area contributed by atoms with Gasteiger partial charge in [-0.1, -0.05) is 29.8 Å². The standard InChI is InChI=1S/C15H19ClN2O/c16-13-4-2-1-3-12(13)14-10-17-7-8-18(14)15(19)9-11-5-6-11/h1-4,11,14,17H,5-10H2. The average molecular weight is 279 g/mol. The number of halogens is 1. The van der Waals surface area contributed by atoms with E-state index >= 15 is 0 Å². The summed E-state index contributed by atoms with van der Waals surface area (Å²) < 4.78 is 0. The van der Waals surface area contributed by atoms with Gasteiger partial charge in [0.1, 0.15) is 0 Å². The SMILES string of the molecule is O=C(CC1CC1)N1CCNCC1c1ccccc1Cl. The van der Waals surface area contributed by atoms with Crippen LogP contribution in [0.4, 0.5) is 0 Å². The van der Waals surface area contributed by atoms with E-state index in [9.17, 15) is 4.79 Å². The van der Waals surface area contributed by atoms with Crippen molar-refractivity contribution in [2.45, 2.75) is 25.3 Å².